The number of halogens is 2. The molecule has 0 amide bonds. The summed E-state index contributed by atoms with van der Waals surface area (Å²) in [7, 11) is 1.47. The number of ether oxygens (including phenoxy) is 1. The molecule has 2 rings (SSSR count). The van der Waals surface area contributed by atoms with Crippen LogP contribution in [0.4, 0.5) is 8.78 Å². The van der Waals surface area contributed by atoms with Crippen molar-refractivity contribution in [2.24, 2.45) is 5.73 Å². The molecule has 2 nitrogen and oxygen atoms in total. The number of nitrogens with two attached hydrogens (primary N) is 1. The number of benzene rings is 2. The van der Waals surface area contributed by atoms with Crippen LogP contribution in [0.25, 0.3) is 0 Å². The first-order chi connectivity index (χ1) is 9.61. The molecule has 20 heavy (non-hydrogen) atoms. The smallest absolute Gasteiger partial charge is 0.136 e. The molecule has 1 unspecified atom stereocenters. The summed E-state index contributed by atoms with van der Waals surface area (Å²) in [5, 5.41) is 0. The van der Waals surface area contributed by atoms with Crippen molar-refractivity contribution in [2.75, 3.05) is 12.9 Å². The van der Waals surface area contributed by atoms with E-state index < -0.39 is 11.9 Å². The van der Waals surface area contributed by atoms with Crippen molar-refractivity contribution < 1.29 is 13.5 Å². The van der Waals surface area contributed by atoms with Crippen LogP contribution in [0.1, 0.15) is 11.6 Å². The first kappa shape index (κ1) is 14.8. The number of hydrogen-bond donors (Lipinski definition) is 1. The lowest BCUT2D eigenvalue weighted by Crippen LogP contribution is -2.14. The highest BCUT2D eigenvalue weighted by Crippen LogP contribution is 2.27. The zero-order valence-corrected chi connectivity index (χ0v) is 11.8. The fourth-order valence-corrected chi connectivity index (χ4v) is 2.69. The van der Waals surface area contributed by atoms with Crippen LogP contribution in [0.15, 0.2) is 47.4 Å². The third-order valence-electron chi connectivity index (χ3n) is 2.86. The van der Waals surface area contributed by atoms with Gasteiger partial charge in [0.1, 0.15) is 17.4 Å². The van der Waals surface area contributed by atoms with Crippen LogP contribution in [0.3, 0.4) is 0 Å². The lowest BCUT2D eigenvalue weighted by Gasteiger charge is -2.13. The Hall–Kier alpha value is -1.59. The maximum Gasteiger partial charge on any atom is 0.136 e. The van der Waals surface area contributed by atoms with Gasteiger partial charge in [-0.1, -0.05) is 18.2 Å². The van der Waals surface area contributed by atoms with Crippen LogP contribution in [-0.2, 0) is 0 Å². The van der Waals surface area contributed by atoms with Gasteiger partial charge < -0.3 is 10.5 Å². The summed E-state index contributed by atoms with van der Waals surface area (Å²) < 4.78 is 32.3. The molecule has 0 saturated heterocycles. The Morgan fingerprint density at radius 1 is 1.15 bits per heavy atom. The van der Waals surface area contributed by atoms with Crippen molar-refractivity contribution in [3.05, 3.63) is 59.7 Å². The molecule has 0 radical (unpaired) electrons. The molecule has 2 aromatic carbocycles. The Morgan fingerprint density at radius 3 is 2.55 bits per heavy atom. The summed E-state index contributed by atoms with van der Waals surface area (Å²) in [5.41, 5.74) is 6.36. The van der Waals surface area contributed by atoms with Crippen molar-refractivity contribution in [1.29, 1.82) is 0 Å². The van der Waals surface area contributed by atoms with Crippen molar-refractivity contribution in [3.63, 3.8) is 0 Å². The van der Waals surface area contributed by atoms with Gasteiger partial charge >= 0.3 is 0 Å². The van der Waals surface area contributed by atoms with E-state index in [9.17, 15) is 8.78 Å². The van der Waals surface area contributed by atoms with E-state index in [2.05, 4.69) is 0 Å². The van der Waals surface area contributed by atoms with Gasteiger partial charge in [-0.25, -0.2) is 8.78 Å². The van der Waals surface area contributed by atoms with Crippen molar-refractivity contribution in [1.82, 2.24) is 0 Å². The van der Waals surface area contributed by atoms with E-state index in [4.69, 9.17) is 10.5 Å². The van der Waals surface area contributed by atoms with Crippen LogP contribution in [0.5, 0.6) is 5.75 Å². The van der Waals surface area contributed by atoms with Crippen LogP contribution < -0.4 is 10.5 Å². The summed E-state index contributed by atoms with van der Waals surface area (Å²) in [5.74, 6) is 0.135. The topological polar surface area (TPSA) is 35.2 Å². The van der Waals surface area contributed by atoms with Crippen LogP contribution >= 0.6 is 11.8 Å². The van der Waals surface area contributed by atoms with Gasteiger partial charge in [0.15, 0.2) is 0 Å². The van der Waals surface area contributed by atoms with Gasteiger partial charge in [0, 0.05) is 28.3 Å². The van der Waals surface area contributed by atoms with E-state index in [1.807, 2.05) is 0 Å². The Balaban J connectivity index is 2.05. The summed E-state index contributed by atoms with van der Waals surface area (Å²) in [6.07, 6.45) is 0. The lowest BCUT2D eigenvalue weighted by molar-refractivity contribution is 0.410. The van der Waals surface area contributed by atoms with E-state index in [0.29, 0.717) is 22.0 Å². The molecule has 1 atom stereocenters. The zero-order chi connectivity index (χ0) is 14.5. The third kappa shape index (κ3) is 3.49. The Kier molecular flexibility index (Phi) is 4.98. The van der Waals surface area contributed by atoms with E-state index in [1.165, 1.54) is 31.0 Å². The molecule has 0 spiro atoms. The first-order valence-electron chi connectivity index (χ1n) is 6.08. The molecule has 5 heteroatoms. The third-order valence-corrected chi connectivity index (χ3v) is 4.03. The lowest BCUT2D eigenvalue weighted by atomic mass is 10.1. The average Bonchev–Trinajstić information content (AvgIpc) is 2.46. The van der Waals surface area contributed by atoms with E-state index >= 15 is 0 Å². The molecule has 0 aliphatic carbocycles. The molecule has 0 fully saturated rings. The highest BCUT2D eigenvalue weighted by Gasteiger charge is 2.13. The normalized spacial score (nSPS) is 12.2. The average molecular weight is 295 g/mol. The molecule has 2 N–H and O–H groups in total. The minimum Gasteiger partial charge on any atom is -0.497 e. The highest BCUT2D eigenvalue weighted by molar-refractivity contribution is 7.99. The molecule has 0 heterocycles. The fraction of sp³-hybridized carbons (Fsp3) is 0.200. The summed E-state index contributed by atoms with van der Waals surface area (Å²) in [6, 6.07) is 10.5. The predicted octanol–water partition coefficient (Wildman–Crippen LogP) is 3.77. The molecule has 2 aromatic rings. The van der Waals surface area contributed by atoms with Crippen LogP contribution in [0, 0.1) is 11.6 Å². The monoisotopic (exact) mass is 295 g/mol. The van der Waals surface area contributed by atoms with Crippen molar-refractivity contribution >= 4 is 11.8 Å². The standard InChI is InChI=1S/C15H15F2NOS/c1-19-10-6-7-11(13(17)8-10)14(18)9-20-15-5-3-2-4-12(15)16/h2-8,14H,9,18H2,1H3. The second kappa shape index (κ2) is 6.72. The molecule has 0 bridgehead atoms. The maximum absolute atomic E-state index is 13.8. The second-order valence-electron chi connectivity index (χ2n) is 4.24. The van der Waals surface area contributed by atoms with Gasteiger partial charge in [-0.15, -0.1) is 11.8 Å². The molecular formula is C15H15F2NOS. The van der Waals surface area contributed by atoms with Gasteiger partial charge in [0.25, 0.3) is 0 Å². The molecule has 0 saturated carbocycles. The van der Waals surface area contributed by atoms with Crippen LogP contribution in [-0.4, -0.2) is 12.9 Å². The summed E-state index contributed by atoms with van der Waals surface area (Å²) in [6.45, 7) is 0. The van der Waals surface area contributed by atoms with E-state index in [0.717, 1.165) is 0 Å². The Labute approximate surface area is 120 Å². The Morgan fingerprint density at radius 2 is 1.90 bits per heavy atom. The SMILES string of the molecule is COc1ccc(C(N)CSc2ccccc2F)c(F)c1. The van der Waals surface area contributed by atoms with E-state index in [1.54, 1.807) is 30.3 Å². The van der Waals surface area contributed by atoms with Crippen molar-refractivity contribution in [2.45, 2.75) is 10.9 Å². The first-order valence-corrected chi connectivity index (χ1v) is 7.06. The molecule has 0 aliphatic heterocycles. The van der Waals surface area contributed by atoms with E-state index in [-0.39, 0.29) is 5.82 Å². The minimum atomic E-state index is -0.509. The molecule has 0 aromatic heterocycles. The second-order valence-corrected chi connectivity index (χ2v) is 5.30. The largest absolute Gasteiger partial charge is 0.497 e. The molecule has 106 valence electrons. The quantitative estimate of drug-likeness (QED) is 0.853. The van der Waals surface area contributed by atoms with Crippen molar-refractivity contribution in [3.8, 4) is 5.75 Å². The van der Waals surface area contributed by atoms with Gasteiger partial charge in [0.2, 0.25) is 0 Å². The van der Waals surface area contributed by atoms with Gasteiger partial charge in [-0.05, 0) is 18.2 Å². The number of thioether (sulfide) groups is 1. The predicted molar refractivity (Wildman–Crippen MR) is 77.0 cm³/mol. The van der Waals surface area contributed by atoms with Crippen LogP contribution in [0.2, 0.25) is 0 Å². The zero-order valence-electron chi connectivity index (χ0n) is 11.0. The highest BCUT2D eigenvalue weighted by atomic mass is 32.2. The number of hydrogen-bond acceptors (Lipinski definition) is 3. The summed E-state index contributed by atoms with van der Waals surface area (Å²) in [4.78, 5) is 0.511. The minimum absolute atomic E-state index is 0.292. The summed E-state index contributed by atoms with van der Waals surface area (Å²) >= 11 is 1.27. The number of methoxy groups -OCH3 is 1. The van der Waals surface area contributed by atoms with Gasteiger partial charge in [0.05, 0.1) is 7.11 Å². The maximum atomic E-state index is 13.8. The fourth-order valence-electron chi connectivity index (χ4n) is 1.77. The van der Waals surface area contributed by atoms with Gasteiger partial charge in [-0.3, -0.25) is 0 Å². The Bertz CT molecular complexity index is 592. The van der Waals surface area contributed by atoms with Gasteiger partial charge in [-0.2, -0.15) is 0 Å². The molecule has 0 aliphatic rings. The number of rotatable bonds is 5. The molecular weight excluding hydrogens is 280 g/mol.